The predicted octanol–water partition coefficient (Wildman–Crippen LogP) is 3.39. The van der Waals surface area contributed by atoms with Gasteiger partial charge in [0.2, 0.25) is 0 Å². The highest BCUT2D eigenvalue weighted by Crippen LogP contribution is 2.49. The van der Waals surface area contributed by atoms with Crippen molar-refractivity contribution in [2.24, 2.45) is 10.9 Å². The van der Waals surface area contributed by atoms with Crippen molar-refractivity contribution in [1.29, 1.82) is 0 Å². The summed E-state index contributed by atoms with van der Waals surface area (Å²) in [6.07, 6.45) is 4.20. The number of benzene rings is 1. The summed E-state index contributed by atoms with van der Waals surface area (Å²) in [5.41, 5.74) is -0.295. The zero-order chi connectivity index (χ0) is 14.8. The fourth-order valence-corrected chi connectivity index (χ4v) is 2.09. The molecule has 0 saturated heterocycles. The number of rotatable bonds is 4. The number of nitrogens with zero attached hydrogens (tertiary/aromatic N) is 1. The van der Waals surface area contributed by atoms with E-state index in [4.69, 9.17) is 4.74 Å². The van der Waals surface area contributed by atoms with E-state index in [-0.39, 0.29) is 11.9 Å². The van der Waals surface area contributed by atoms with Crippen molar-refractivity contribution in [3.8, 4) is 0 Å². The summed E-state index contributed by atoms with van der Waals surface area (Å²) in [7, 11) is 0. The minimum absolute atomic E-state index is 0.0670. The zero-order valence-corrected chi connectivity index (χ0v) is 12.3. The van der Waals surface area contributed by atoms with Crippen LogP contribution in [-0.4, -0.2) is 23.3 Å². The van der Waals surface area contributed by atoms with Gasteiger partial charge in [0.25, 0.3) is 0 Å². The van der Waals surface area contributed by atoms with Crippen molar-refractivity contribution in [3.05, 3.63) is 48.6 Å². The first kappa shape index (κ1) is 14.5. The fourth-order valence-electron chi connectivity index (χ4n) is 2.09. The Morgan fingerprint density at radius 3 is 2.55 bits per heavy atom. The Kier molecular flexibility index (Phi) is 3.80. The maximum Gasteiger partial charge on any atom is 0.335 e. The van der Waals surface area contributed by atoms with E-state index in [9.17, 15) is 4.79 Å². The number of hydrogen-bond donors (Lipinski definition) is 0. The Hall–Kier alpha value is -1.90. The van der Waals surface area contributed by atoms with Gasteiger partial charge in [0.1, 0.15) is 5.60 Å². The Morgan fingerprint density at radius 1 is 1.40 bits per heavy atom. The molecule has 0 aromatic heterocycles. The number of carbonyl (C=O) groups is 1. The highest BCUT2D eigenvalue weighted by atomic mass is 16.6. The van der Waals surface area contributed by atoms with E-state index in [1.807, 2.05) is 51.1 Å². The van der Waals surface area contributed by atoms with Gasteiger partial charge in [-0.2, -0.15) is 0 Å². The first-order valence-corrected chi connectivity index (χ1v) is 6.84. The van der Waals surface area contributed by atoms with Gasteiger partial charge in [0.05, 0.1) is 0 Å². The van der Waals surface area contributed by atoms with Crippen molar-refractivity contribution in [2.75, 3.05) is 0 Å². The van der Waals surface area contributed by atoms with Crippen LogP contribution < -0.4 is 0 Å². The van der Waals surface area contributed by atoms with Gasteiger partial charge in [-0.05, 0) is 32.8 Å². The normalized spacial score (nSPS) is 25.4. The molecule has 3 nitrogen and oxygen atoms in total. The van der Waals surface area contributed by atoms with Crippen LogP contribution in [0.3, 0.4) is 0 Å². The summed E-state index contributed by atoms with van der Waals surface area (Å²) >= 11 is 0. The van der Waals surface area contributed by atoms with Crippen LogP contribution in [0.1, 0.15) is 32.8 Å². The molecule has 0 heterocycles. The summed E-state index contributed by atoms with van der Waals surface area (Å²) in [5, 5.41) is 0. The predicted molar refractivity (Wildman–Crippen MR) is 80.9 cm³/mol. The van der Waals surface area contributed by atoms with E-state index in [2.05, 4.69) is 11.6 Å². The van der Waals surface area contributed by atoms with E-state index >= 15 is 0 Å². The maximum absolute atomic E-state index is 12.3. The van der Waals surface area contributed by atoms with E-state index in [1.54, 1.807) is 12.3 Å². The number of ether oxygens (including phenoxy) is 1. The summed E-state index contributed by atoms with van der Waals surface area (Å²) < 4.78 is 5.49. The molecule has 0 spiro atoms. The average molecular weight is 271 g/mol. The number of aliphatic imine (C=N–C) groups is 1. The monoisotopic (exact) mass is 271 g/mol. The zero-order valence-electron chi connectivity index (χ0n) is 12.3. The minimum atomic E-state index is -0.773. The lowest BCUT2D eigenvalue weighted by molar-refractivity contribution is -0.157. The molecule has 1 fully saturated rings. The molecule has 1 saturated carbocycles. The molecule has 0 aliphatic heterocycles. The van der Waals surface area contributed by atoms with E-state index < -0.39 is 11.1 Å². The molecule has 1 aromatic rings. The molecule has 0 amide bonds. The van der Waals surface area contributed by atoms with Gasteiger partial charge in [-0.1, -0.05) is 36.4 Å². The molecule has 1 aromatic carbocycles. The third-order valence-electron chi connectivity index (χ3n) is 3.26. The van der Waals surface area contributed by atoms with Crippen LogP contribution >= 0.6 is 0 Å². The molecule has 2 atom stereocenters. The lowest BCUT2D eigenvalue weighted by Crippen LogP contribution is -2.33. The van der Waals surface area contributed by atoms with Crippen LogP contribution in [0.4, 0.5) is 0 Å². The topological polar surface area (TPSA) is 38.7 Å². The Morgan fingerprint density at radius 2 is 2.05 bits per heavy atom. The van der Waals surface area contributed by atoms with Gasteiger partial charge in [-0.25, -0.2) is 4.79 Å². The standard InChI is InChI=1S/C17H21NO2/c1-5-14-11-17(14,15(19)20-16(2,3)4)18-12-13-9-7-6-8-10-13/h5-10,12,14H,1,11H2,2-4H3/b18-12+/t14-,17-/m0/s1. The number of carbonyl (C=O) groups excluding carboxylic acids is 1. The van der Waals surface area contributed by atoms with Crippen LogP contribution in [0.25, 0.3) is 0 Å². The van der Waals surface area contributed by atoms with Gasteiger partial charge < -0.3 is 4.74 Å². The molecule has 3 heteroatoms. The molecule has 20 heavy (non-hydrogen) atoms. The minimum Gasteiger partial charge on any atom is -0.458 e. The third kappa shape index (κ3) is 3.16. The second-order valence-electron chi connectivity index (χ2n) is 6.14. The Labute approximate surface area is 120 Å². The van der Waals surface area contributed by atoms with E-state index in [0.29, 0.717) is 6.42 Å². The van der Waals surface area contributed by atoms with Crippen LogP contribution in [0.5, 0.6) is 0 Å². The van der Waals surface area contributed by atoms with Crippen LogP contribution in [0, 0.1) is 5.92 Å². The second kappa shape index (κ2) is 5.23. The van der Waals surface area contributed by atoms with Gasteiger partial charge in [-0.15, -0.1) is 6.58 Å². The molecule has 0 radical (unpaired) electrons. The van der Waals surface area contributed by atoms with Crippen molar-refractivity contribution in [2.45, 2.75) is 38.3 Å². The van der Waals surface area contributed by atoms with Gasteiger partial charge >= 0.3 is 5.97 Å². The molecule has 0 N–H and O–H groups in total. The highest BCUT2D eigenvalue weighted by molar-refractivity contribution is 5.90. The molecular weight excluding hydrogens is 250 g/mol. The average Bonchev–Trinajstić information content (AvgIpc) is 3.11. The molecule has 0 unspecified atom stereocenters. The van der Waals surface area contributed by atoms with Crippen molar-refractivity contribution < 1.29 is 9.53 Å². The van der Waals surface area contributed by atoms with Crippen LogP contribution in [-0.2, 0) is 9.53 Å². The largest absolute Gasteiger partial charge is 0.458 e. The first-order valence-electron chi connectivity index (χ1n) is 6.84. The smallest absolute Gasteiger partial charge is 0.335 e. The molecule has 106 valence electrons. The quantitative estimate of drug-likeness (QED) is 0.478. The maximum atomic E-state index is 12.3. The van der Waals surface area contributed by atoms with E-state index in [0.717, 1.165) is 5.56 Å². The van der Waals surface area contributed by atoms with Gasteiger partial charge in [-0.3, -0.25) is 4.99 Å². The molecule has 1 aliphatic rings. The lowest BCUT2D eigenvalue weighted by Gasteiger charge is -2.22. The van der Waals surface area contributed by atoms with Crippen molar-refractivity contribution in [3.63, 3.8) is 0 Å². The van der Waals surface area contributed by atoms with E-state index in [1.165, 1.54) is 0 Å². The first-order chi connectivity index (χ1) is 9.37. The molecule has 0 bridgehead atoms. The molecular formula is C17H21NO2. The van der Waals surface area contributed by atoms with Gasteiger partial charge in [0.15, 0.2) is 5.54 Å². The Balaban J connectivity index is 2.17. The molecule has 1 aliphatic carbocycles. The van der Waals surface area contributed by atoms with Gasteiger partial charge in [0, 0.05) is 12.1 Å². The van der Waals surface area contributed by atoms with Crippen LogP contribution in [0.2, 0.25) is 0 Å². The number of hydrogen-bond acceptors (Lipinski definition) is 3. The summed E-state index contributed by atoms with van der Waals surface area (Å²) in [6, 6.07) is 9.75. The van der Waals surface area contributed by atoms with Crippen molar-refractivity contribution in [1.82, 2.24) is 0 Å². The fraction of sp³-hybridized carbons (Fsp3) is 0.412. The second-order valence-corrected chi connectivity index (χ2v) is 6.14. The number of esters is 1. The SMILES string of the molecule is C=C[C@H]1C[C@@]1(/N=C/c1ccccc1)C(=O)OC(C)(C)C. The summed E-state index contributed by atoms with van der Waals surface area (Å²) in [6.45, 7) is 9.37. The Bertz CT molecular complexity index is 528. The van der Waals surface area contributed by atoms with Crippen LogP contribution in [0.15, 0.2) is 48.0 Å². The summed E-state index contributed by atoms with van der Waals surface area (Å²) in [5.74, 6) is -0.195. The summed E-state index contributed by atoms with van der Waals surface area (Å²) in [4.78, 5) is 16.9. The van der Waals surface area contributed by atoms with Crippen molar-refractivity contribution >= 4 is 12.2 Å². The lowest BCUT2D eigenvalue weighted by atomic mass is 10.1. The highest BCUT2D eigenvalue weighted by Gasteiger charge is 2.60. The third-order valence-corrected chi connectivity index (χ3v) is 3.26. The molecule has 2 rings (SSSR count).